The molecular weight excluding hydrogens is 295 g/mol. The molecule has 0 aliphatic carbocycles. The molecule has 0 heterocycles. The van der Waals surface area contributed by atoms with Crippen LogP contribution in [0.5, 0.6) is 0 Å². The highest BCUT2D eigenvalue weighted by Crippen LogP contribution is 2.20. The van der Waals surface area contributed by atoms with Crippen LogP contribution in [0.1, 0.15) is 18.6 Å². The van der Waals surface area contributed by atoms with Gasteiger partial charge in [0.1, 0.15) is 0 Å². The third kappa shape index (κ3) is 4.34. The molecule has 0 spiro atoms. The number of hydrogen-bond acceptors (Lipinski definition) is 4. The lowest BCUT2D eigenvalue weighted by Crippen LogP contribution is -2.39. The number of nitrogens with one attached hydrogen (secondary N) is 1. The van der Waals surface area contributed by atoms with Gasteiger partial charge in [-0.15, -0.1) is 0 Å². The van der Waals surface area contributed by atoms with Crippen molar-refractivity contribution in [1.29, 1.82) is 0 Å². The number of halogens is 2. The highest BCUT2D eigenvalue weighted by atomic mass is 35.5. The fraction of sp³-hybridized carbons (Fsp3) is 0.364. The van der Waals surface area contributed by atoms with Crippen molar-refractivity contribution in [2.24, 2.45) is 0 Å². The minimum Gasteiger partial charge on any atom is -0.386 e. The van der Waals surface area contributed by atoms with Gasteiger partial charge in [-0.2, -0.15) is 0 Å². The largest absolute Gasteiger partial charge is 0.386 e. The topological polar surface area (TPSA) is 92.5 Å². The van der Waals surface area contributed by atoms with Crippen LogP contribution in [0.25, 0.3) is 0 Å². The van der Waals surface area contributed by atoms with Gasteiger partial charge in [0, 0.05) is 12.1 Å². The van der Waals surface area contributed by atoms with Gasteiger partial charge in [-0.3, -0.25) is 14.9 Å². The van der Waals surface area contributed by atoms with E-state index in [1.54, 1.807) is 6.92 Å². The smallest absolute Gasteiger partial charge is 0.269 e. The lowest BCUT2D eigenvalue weighted by atomic mass is 10.0. The van der Waals surface area contributed by atoms with Gasteiger partial charge >= 0.3 is 0 Å². The Kier molecular flexibility index (Phi) is 5.53. The molecule has 0 radical (unpaired) electrons. The van der Waals surface area contributed by atoms with Gasteiger partial charge in [-0.05, 0) is 24.6 Å². The lowest BCUT2D eigenvalue weighted by molar-refractivity contribution is -0.384. The van der Waals surface area contributed by atoms with E-state index in [1.807, 2.05) is 0 Å². The lowest BCUT2D eigenvalue weighted by Gasteiger charge is -2.20. The average Bonchev–Trinajstić information content (AvgIpc) is 2.37. The van der Waals surface area contributed by atoms with Crippen LogP contribution in [0.2, 0.25) is 0 Å². The third-order valence-electron chi connectivity index (χ3n) is 2.49. The van der Waals surface area contributed by atoms with Crippen molar-refractivity contribution >= 4 is 34.8 Å². The van der Waals surface area contributed by atoms with Gasteiger partial charge in [0.15, 0.2) is 4.84 Å². The molecule has 1 aromatic rings. The minimum absolute atomic E-state index is 0.0748. The number of carbonyl (C=O) groups excluding carboxylic acids is 1. The van der Waals surface area contributed by atoms with Crippen LogP contribution in [0.15, 0.2) is 24.3 Å². The van der Waals surface area contributed by atoms with Gasteiger partial charge in [0.25, 0.3) is 11.6 Å². The van der Waals surface area contributed by atoms with E-state index in [4.69, 9.17) is 23.2 Å². The Morgan fingerprint density at radius 3 is 2.32 bits per heavy atom. The summed E-state index contributed by atoms with van der Waals surface area (Å²) in [6, 6.07) is 4.76. The molecule has 1 rings (SSSR count). The minimum atomic E-state index is -1.22. The third-order valence-corrected chi connectivity index (χ3v) is 2.88. The Balaban J connectivity index is 2.73. The second-order valence-corrected chi connectivity index (χ2v) is 4.99. The number of nitro groups is 1. The molecule has 6 nitrogen and oxygen atoms in total. The maximum Gasteiger partial charge on any atom is 0.269 e. The van der Waals surface area contributed by atoms with Crippen LogP contribution in [0.4, 0.5) is 5.69 Å². The highest BCUT2D eigenvalue weighted by Gasteiger charge is 2.21. The molecule has 1 aromatic carbocycles. The molecule has 0 fully saturated rings. The summed E-state index contributed by atoms with van der Waals surface area (Å²) in [7, 11) is 0. The number of nitro benzene ring substituents is 1. The summed E-state index contributed by atoms with van der Waals surface area (Å²) in [6.45, 7) is 1.57. The molecule has 2 atom stereocenters. The molecule has 8 heteroatoms. The highest BCUT2D eigenvalue weighted by molar-refractivity contribution is 6.53. The van der Waals surface area contributed by atoms with Crippen LogP contribution in [-0.4, -0.2) is 26.8 Å². The van der Waals surface area contributed by atoms with Crippen LogP contribution in [-0.2, 0) is 4.79 Å². The van der Waals surface area contributed by atoms with E-state index in [0.717, 1.165) is 0 Å². The van der Waals surface area contributed by atoms with E-state index in [1.165, 1.54) is 24.3 Å². The number of amides is 1. The average molecular weight is 307 g/mol. The second kappa shape index (κ2) is 6.70. The normalized spacial score (nSPS) is 13.9. The summed E-state index contributed by atoms with van der Waals surface area (Å²) in [6.07, 6.45) is -1.02. The first-order valence-electron chi connectivity index (χ1n) is 5.34. The SMILES string of the molecule is CC(NC(=O)C(Cl)Cl)C(O)c1ccc([N+](=O)[O-])cc1. The maximum atomic E-state index is 11.3. The monoisotopic (exact) mass is 306 g/mol. The first kappa shape index (κ1) is 15.7. The molecule has 0 aliphatic rings. The predicted molar refractivity (Wildman–Crippen MR) is 71.2 cm³/mol. The summed E-state index contributed by atoms with van der Waals surface area (Å²) < 4.78 is 0. The molecule has 19 heavy (non-hydrogen) atoms. The van der Waals surface area contributed by atoms with Gasteiger partial charge in [-0.1, -0.05) is 23.2 Å². The van der Waals surface area contributed by atoms with Crippen molar-refractivity contribution in [3.05, 3.63) is 39.9 Å². The number of rotatable bonds is 5. The Hall–Kier alpha value is -1.37. The summed E-state index contributed by atoms with van der Waals surface area (Å²) in [5.74, 6) is -0.614. The summed E-state index contributed by atoms with van der Waals surface area (Å²) in [5.41, 5.74) is 0.369. The van der Waals surface area contributed by atoms with Gasteiger partial charge in [-0.25, -0.2) is 0 Å². The van der Waals surface area contributed by atoms with Crippen molar-refractivity contribution in [3.8, 4) is 0 Å². The number of aliphatic hydroxyl groups excluding tert-OH is 1. The van der Waals surface area contributed by atoms with Gasteiger partial charge in [0.05, 0.1) is 17.1 Å². The van der Waals surface area contributed by atoms with Crippen LogP contribution >= 0.6 is 23.2 Å². The van der Waals surface area contributed by atoms with Gasteiger partial charge < -0.3 is 10.4 Å². The molecule has 0 aromatic heterocycles. The number of carbonyl (C=O) groups is 1. The maximum absolute atomic E-state index is 11.3. The van der Waals surface area contributed by atoms with Crippen molar-refractivity contribution in [2.45, 2.75) is 23.9 Å². The van der Waals surface area contributed by atoms with E-state index in [2.05, 4.69) is 5.32 Å². The van der Waals surface area contributed by atoms with E-state index in [-0.39, 0.29) is 5.69 Å². The zero-order valence-corrected chi connectivity index (χ0v) is 11.4. The Morgan fingerprint density at radius 2 is 1.89 bits per heavy atom. The molecule has 2 N–H and O–H groups in total. The quantitative estimate of drug-likeness (QED) is 0.494. The van der Waals surface area contributed by atoms with Crippen molar-refractivity contribution in [2.75, 3.05) is 0 Å². The van der Waals surface area contributed by atoms with E-state index in [9.17, 15) is 20.0 Å². The second-order valence-electron chi connectivity index (χ2n) is 3.89. The molecule has 0 aliphatic heterocycles. The van der Waals surface area contributed by atoms with Crippen molar-refractivity contribution in [1.82, 2.24) is 5.32 Å². The number of non-ortho nitro benzene ring substituents is 1. The fourth-order valence-electron chi connectivity index (χ4n) is 1.45. The fourth-order valence-corrected chi connectivity index (χ4v) is 1.57. The molecule has 104 valence electrons. The molecular formula is C11H12Cl2N2O4. The Bertz CT molecular complexity index is 464. The number of aliphatic hydroxyl groups is 1. The van der Waals surface area contributed by atoms with Crippen LogP contribution in [0.3, 0.4) is 0 Å². The zero-order chi connectivity index (χ0) is 14.6. The van der Waals surface area contributed by atoms with E-state index >= 15 is 0 Å². The van der Waals surface area contributed by atoms with Crippen molar-refractivity contribution in [3.63, 3.8) is 0 Å². The molecule has 0 saturated carbocycles. The Labute approximate surface area is 119 Å². The summed E-state index contributed by atoms with van der Waals surface area (Å²) in [4.78, 5) is 20.0. The number of benzene rings is 1. The van der Waals surface area contributed by atoms with Crippen LogP contribution in [0, 0.1) is 10.1 Å². The first-order chi connectivity index (χ1) is 8.82. The first-order valence-corrected chi connectivity index (χ1v) is 6.21. The van der Waals surface area contributed by atoms with E-state index in [0.29, 0.717) is 5.56 Å². The van der Waals surface area contributed by atoms with E-state index < -0.39 is 27.8 Å². The molecule has 0 saturated heterocycles. The standard InChI is InChI=1S/C11H12Cl2N2O4/c1-6(14-11(17)10(12)13)9(16)7-2-4-8(5-3-7)15(18)19/h2-6,9-10,16H,1H3,(H,14,17). The van der Waals surface area contributed by atoms with Gasteiger partial charge in [0.2, 0.25) is 0 Å². The Morgan fingerprint density at radius 1 is 1.37 bits per heavy atom. The zero-order valence-electron chi connectivity index (χ0n) is 9.92. The summed E-state index contributed by atoms with van der Waals surface area (Å²) in [5, 5.41) is 22.9. The number of hydrogen-bond donors (Lipinski definition) is 2. The number of nitrogens with zero attached hydrogens (tertiary/aromatic N) is 1. The molecule has 2 unspecified atom stereocenters. The predicted octanol–water partition coefficient (Wildman–Crippen LogP) is 1.94. The van der Waals surface area contributed by atoms with Crippen LogP contribution < -0.4 is 5.32 Å². The van der Waals surface area contributed by atoms with Crippen molar-refractivity contribution < 1.29 is 14.8 Å². The number of alkyl halides is 2. The molecule has 0 bridgehead atoms. The molecule has 1 amide bonds. The summed E-state index contributed by atoms with van der Waals surface area (Å²) >= 11 is 10.8.